The molecule has 4 rings (SSSR count). The Morgan fingerprint density at radius 2 is 1.71 bits per heavy atom. The van der Waals surface area contributed by atoms with Crippen LogP contribution in [0.25, 0.3) is 0 Å². The van der Waals surface area contributed by atoms with Gasteiger partial charge in [-0.1, -0.05) is 35.9 Å². The first-order valence-corrected chi connectivity index (χ1v) is 13.2. The van der Waals surface area contributed by atoms with Gasteiger partial charge in [0.2, 0.25) is 15.9 Å². The number of rotatable bonds is 7. The van der Waals surface area contributed by atoms with E-state index in [-0.39, 0.29) is 12.6 Å². The van der Waals surface area contributed by atoms with E-state index in [2.05, 4.69) is 5.32 Å². The van der Waals surface area contributed by atoms with Gasteiger partial charge in [0.15, 0.2) is 0 Å². The van der Waals surface area contributed by atoms with Crippen molar-refractivity contribution in [2.45, 2.75) is 38.8 Å². The first kappa shape index (κ1) is 24.6. The Morgan fingerprint density at radius 3 is 2.37 bits per heavy atom. The van der Waals surface area contributed by atoms with Crippen LogP contribution in [0.3, 0.4) is 0 Å². The van der Waals surface area contributed by atoms with Crippen molar-refractivity contribution in [3.8, 4) is 17.2 Å². The zero-order valence-electron chi connectivity index (χ0n) is 20.3. The van der Waals surface area contributed by atoms with E-state index in [1.165, 1.54) is 0 Å². The molecule has 1 heterocycles. The van der Waals surface area contributed by atoms with Crippen molar-refractivity contribution in [3.05, 3.63) is 83.9 Å². The Hall–Kier alpha value is -3.52. The lowest BCUT2D eigenvalue weighted by atomic mass is 9.89. The molecule has 184 valence electrons. The van der Waals surface area contributed by atoms with Crippen LogP contribution in [0.5, 0.6) is 17.2 Å². The molecule has 0 saturated carbocycles. The molecule has 0 bridgehead atoms. The molecule has 3 aromatic rings. The second kappa shape index (κ2) is 9.62. The summed E-state index contributed by atoms with van der Waals surface area (Å²) in [6.45, 7) is 5.58. The summed E-state index contributed by atoms with van der Waals surface area (Å²) in [7, 11) is -3.71. The number of nitrogens with one attached hydrogen (secondary N) is 1. The van der Waals surface area contributed by atoms with Crippen LogP contribution >= 0.6 is 0 Å². The minimum absolute atomic E-state index is 0.288. The van der Waals surface area contributed by atoms with Crippen molar-refractivity contribution in [2.24, 2.45) is 0 Å². The topological polar surface area (TPSA) is 84.9 Å². The average molecular weight is 495 g/mol. The van der Waals surface area contributed by atoms with Gasteiger partial charge in [-0.15, -0.1) is 0 Å². The van der Waals surface area contributed by atoms with Crippen LogP contribution in [0.1, 0.15) is 37.4 Å². The molecule has 0 saturated heterocycles. The summed E-state index contributed by atoms with van der Waals surface area (Å²) in [5.74, 6) is 1.57. The van der Waals surface area contributed by atoms with Gasteiger partial charge in [0.05, 0.1) is 18.0 Å². The fraction of sp³-hybridized carbons (Fsp3) is 0.296. The van der Waals surface area contributed by atoms with Gasteiger partial charge in [-0.3, -0.25) is 9.10 Å². The number of nitrogens with zero attached hydrogens (tertiary/aromatic N) is 1. The lowest BCUT2D eigenvalue weighted by Crippen LogP contribution is -2.45. The highest BCUT2D eigenvalue weighted by Gasteiger charge is 2.35. The number of ether oxygens (including phenoxy) is 2. The Kier molecular flexibility index (Phi) is 6.76. The molecule has 1 unspecified atom stereocenters. The molecule has 3 aromatic carbocycles. The maximum Gasteiger partial charge on any atom is 0.241 e. The van der Waals surface area contributed by atoms with E-state index in [9.17, 15) is 13.2 Å². The third kappa shape index (κ3) is 6.14. The van der Waals surface area contributed by atoms with E-state index in [0.29, 0.717) is 23.6 Å². The number of para-hydroxylation sites is 1. The number of hydrogen-bond acceptors (Lipinski definition) is 5. The smallest absolute Gasteiger partial charge is 0.241 e. The first-order chi connectivity index (χ1) is 16.5. The number of anilines is 1. The lowest BCUT2D eigenvalue weighted by Gasteiger charge is -2.38. The van der Waals surface area contributed by atoms with E-state index in [1.54, 1.807) is 24.3 Å². The highest BCUT2D eigenvalue weighted by Crippen LogP contribution is 2.40. The predicted molar refractivity (Wildman–Crippen MR) is 137 cm³/mol. The van der Waals surface area contributed by atoms with Crippen LogP contribution in [0.2, 0.25) is 0 Å². The van der Waals surface area contributed by atoms with Gasteiger partial charge < -0.3 is 14.8 Å². The molecule has 35 heavy (non-hydrogen) atoms. The molecular formula is C27H30N2O5S. The molecule has 0 radical (unpaired) electrons. The molecule has 1 aliphatic rings. The van der Waals surface area contributed by atoms with Crippen LogP contribution in [0.15, 0.2) is 72.8 Å². The maximum atomic E-state index is 13.1. The number of carbonyl (C=O) groups is 1. The normalized spacial score (nSPS) is 16.5. The highest BCUT2D eigenvalue weighted by atomic mass is 32.2. The van der Waals surface area contributed by atoms with Crippen molar-refractivity contribution in [1.29, 1.82) is 0 Å². The summed E-state index contributed by atoms with van der Waals surface area (Å²) in [6, 6.07) is 21.5. The van der Waals surface area contributed by atoms with Crippen molar-refractivity contribution in [2.75, 3.05) is 17.1 Å². The Balaban J connectivity index is 1.51. The summed E-state index contributed by atoms with van der Waals surface area (Å²) in [4.78, 5) is 13.1. The third-order valence-corrected chi connectivity index (χ3v) is 6.89. The van der Waals surface area contributed by atoms with Gasteiger partial charge in [-0.2, -0.15) is 0 Å². The number of aryl methyl sites for hydroxylation is 1. The number of amides is 1. The third-order valence-electron chi connectivity index (χ3n) is 5.75. The van der Waals surface area contributed by atoms with Gasteiger partial charge in [0.1, 0.15) is 29.4 Å². The van der Waals surface area contributed by atoms with Gasteiger partial charge in [0.25, 0.3) is 0 Å². The number of hydrogen-bond donors (Lipinski definition) is 1. The van der Waals surface area contributed by atoms with E-state index in [0.717, 1.165) is 27.4 Å². The SMILES string of the molecule is Cc1ccc2c(c1)C(NC(=O)CN(c1ccc(Oc3ccccc3)cc1)S(C)(=O)=O)CC(C)(C)O2. The minimum Gasteiger partial charge on any atom is -0.487 e. The predicted octanol–water partition coefficient (Wildman–Crippen LogP) is 4.97. The summed E-state index contributed by atoms with van der Waals surface area (Å²) in [5, 5.41) is 3.02. The number of benzene rings is 3. The summed E-state index contributed by atoms with van der Waals surface area (Å²) < 4.78 is 38.1. The standard InChI is InChI=1S/C27H30N2O5S/c1-19-10-15-25-23(16-19)24(17-27(2,3)34-25)28-26(30)18-29(35(4,31)32)20-11-13-22(14-12-20)33-21-8-6-5-7-9-21/h5-16,24H,17-18H2,1-4H3,(H,28,30). The summed E-state index contributed by atoms with van der Waals surface area (Å²) in [6.07, 6.45) is 1.66. The Bertz CT molecular complexity index is 1310. The average Bonchev–Trinajstić information content (AvgIpc) is 2.78. The van der Waals surface area contributed by atoms with Crippen LogP contribution in [0.4, 0.5) is 5.69 Å². The Morgan fingerprint density at radius 1 is 1.06 bits per heavy atom. The molecule has 1 N–H and O–H groups in total. The van der Waals surface area contributed by atoms with Crippen molar-refractivity contribution >= 4 is 21.6 Å². The maximum absolute atomic E-state index is 13.1. The van der Waals surface area contributed by atoms with Gasteiger partial charge >= 0.3 is 0 Å². The van der Waals surface area contributed by atoms with Crippen molar-refractivity contribution in [1.82, 2.24) is 5.32 Å². The molecule has 0 fully saturated rings. The van der Waals surface area contributed by atoms with Crippen LogP contribution in [-0.2, 0) is 14.8 Å². The number of fused-ring (bicyclic) bond motifs is 1. The van der Waals surface area contributed by atoms with Gasteiger partial charge in [-0.05, 0) is 63.2 Å². The van der Waals surface area contributed by atoms with Crippen molar-refractivity contribution < 1.29 is 22.7 Å². The number of carbonyl (C=O) groups excluding carboxylic acids is 1. The van der Waals surface area contributed by atoms with Crippen LogP contribution < -0.4 is 19.1 Å². The van der Waals surface area contributed by atoms with E-state index < -0.39 is 21.5 Å². The van der Waals surface area contributed by atoms with E-state index >= 15 is 0 Å². The molecule has 0 spiro atoms. The van der Waals surface area contributed by atoms with Crippen LogP contribution in [0, 0.1) is 6.92 Å². The van der Waals surface area contributed by atoms with Gasteiger partial charge in [0, 0.05) is 12.0 Å². The zero-order valence-corrected chi connectivity index (χ0v) is 21.1. The van der Waals surface area contributed by atoms with E-state index in [4.69, 9.17) is 9.47 Å². The zero-order chi connectivity index (χ0) is 25.2. The minimum atomic E-state index is -3.71. The number of sulfonamides is 1. The second-order valence-corrected chi connectivity index (χ2v) is 11.3. The fourth-order valence-electron chi connectivity index (χ4n) is 4.18. The fourth-order valence-corrected chi connectivity index (χ4v) is 5.03. The largest absolute Gasteiger partial charge is 0.487 e. The monoisotopic (exact) mass is 494 g/mol. The van der Waals surface area contributed by atoms with Crippen LogP contribution in [-0.4, -0.2) is 32.7 Å². The molecular weight excluding hydrogens is 464 g/mol. The highest BCUT2D eigenvalue weighted by molar-refractivity contribution is 7.92. The Labute approximate surface area is 206 Å². The van der Waals surface area contributed by atoms with Crippen molar-refractivity contribution in [3.63, 3.8) is 0 Å². The second-order valence-electron chi connectivity index (χ2n) is 9.41. The molecule has 1 atom stereocenters. The van der Waals surface area contributed by atoms with Gasteiger partial charge in [-0.25, -0.2) is 8.42 Å². The molecule has 1 amide bonds. The quantitative estimate of drug-likeness (QED) is 0.501. The molecule has 7 nitrogen and oxygen atoms in total. The summed E-state index contributed by atoms with van der Waals surface area (Å²) >= 11 is 0. The molecule has 0 aromatic heterocycles. The first-order valence-electron chi connectivity index (χ1n) is 11.4. The molecule has 0 aliphatic carbocycles. The van der Waals surface area contributed by atoms with E-state index in [1.807, 2.05) is 69.3 Å². The summed E-state index contributed by atoms with van der Waals surface area (Å²) in [5.41, 5.74) is 1.87. The molecule has 1 aliphatic heterocycles. The molecule has 8 heteroatoms. The lowest BCUT2D eigenvalue weighted by molar-refractivity contribution is -0.120.